The summed E-state index contributed by atoms with van der Waals surface area (Å²) in [7, 11) is 0. The van der Waals surface area contributed by atoms with Gasteiger partial charge < -0.3 is 15.6 Å². The molecule has 1 fully saturated rings. The lowest BCUT2D eigenvalue weighted by molar-refractivity contribution is -0.123. The van der Waals surface area contributed by atoms with Gasteiger partial charge in [0.2, 0.25) is 5.91 Å². The molecule has 7 nitrogen and oxygen atoms in total. The van der Waals surface area contributed by atoms with Gasteiger partial charge in [0.25, 0.3) is 0 Å². The number of aliphatic hydroxyl groups is 1. The Morgan fingerprint density at radius 1 is 1.15 bits per heavy atom. The van der Waals surface area contributed by atoms with Gasteiger partial charge >= 0.3 is 0 Å². The Hall–Kier alpha value is -4.17. The molecule has 0 spiro atoms. The first-order valence-electron chi connectivity index (χ1n) is 13.4. The zero-order chi connectivity index (χ0) is 28.2. The van der Waals surface area contributed by atoms with Crippen LogP contribution in [0.25, 0.3) is 22.2 Å². The second-order valence-corrected chi connectivity index (χ2v) is 11.4. The van der Waals surface area contributed by atoms with Crippen LogP contribution in [0.5, 0.6) is 5.75 Å². The number of aromatic nitrogens is 2. The van der Waals surface area contributed by atoms with Crippen LogP contribution in [-0.2, 0) is 15.8 Å². The van der Waals surface area contributed by atoms with E-state index in [0.29, 0.717) is 34.1 Å². The molecule has 3 heterocycles. The Balaban J connectivity index is 1.30. The maximum atomic E-state index is 13.6. The second-order valence-electron chi connectivity index (χ2n) is 11.4. The van der Waals surface area contributed by atoms with Crippen molar-refractivity contribution < 1.29 is 23.8 Å². The Kier molecular flexibility index (Phi) is 6.18. The number of pyridine rings is 2. The van der Waals surface area contributed by atoms with Crippen molar-refractivity contribution in [3.05, 3.63) is 89.0 Å². The number of ether oxygens (including phenoxy) is 1. The monoisotopic (exact) mass is 539 g/mol. The van der Waals surface area contributed by atoms with Crippen molar-refractivity contribution >= 4 is 22.6 Å². The zero-order valence-electron chi connectivity index (χ0n) is 22.4. The van der Waals surface area contributed by atoms with Gasteiger partial charge in [-0.2, -0.15) is 0 Å². The van der Waals surface area contributed by atoms with Crippen molar-refractivity contribution in [2.45, 2.75) is 56.5 Å². The van der Waals surface area contributed by atoms with Crippen LogP contribution in [0.2, 0.25) is 0 Å². The Morgan fingerprint density at radius 3 is 2.60 bits per heavy atom. The van der Waals surface area contributed by atoms with Crippen LogP contribution in [0.1, 0.15) is 72.6 Å². The molecule has 0 saturated heterocycles. The number of primary amides is 1. The standard InChI is InChI=1S/C32H30FN3O4/c1-31(30(34)38)17-40-29-24(31)15-27(36-28(29)19-5-8-23(33)9-6-19)32(2,39)12-11-26(37)20-7-10-25-21(13-20)14-22(16-35-25)18-3-4-18/h5-10,13-16,18,39H,3-4,11-12,17H2,1-2H3,(H2,34,38)/t31-,32-/m0/s1. The summed E-state index contributed by atoms with van der Waals surface area (Å²) in [5.41, 5.74) is 7.40. The van der Waals surface area contributed by atoms with E-state index in [1.54, 1.807) is 38.1 Å². The number of amides is 1. The number of fused-ring (bicyclic) bond motifs is 2. The molecule has 3 N–H and O–H groups in total. The summed E-state index contributed by atoms with van der Waals surface area (Å²) in [5.74, 6) is -0.145. The van der Waals surface area contributed by atoms with Crippen molar-refractivity contribution in [2.75, 3.05) is 6.61 Å². The highest BCUT2D eigenvalue weighted by molar-refractivity contribution is 5.99. The van der Waals surface area contributed by atoms with Crippen molar-refractivity contribution in [1.82, 2.24) is 9.97 Å². The molecular weight excluding hydrogens is 509 g/mol. The molecular formula is C32H30FN3O4. The second kappa shape index (κ2) is 9.48. The smallest absolute Gasteiger partial charge is 0.231 e. The minimum absolute atomic E-state index is 0.0247. The van der Waals surface area contributed by atoms with E-state index in [9.17, 15) is 19.1 Å². The first-order valence-corrected chi connectivity index (χ1v) is 13.4. The Labute approximate surface area is 231 Å². The Morgan fingerprint density at radius 2 is 1.90 bits per heavy atom. The molecule has 6 rings (SSSR count). The van der Waals surface area contributed by atoms with E-state index in [0.717, 1.165) is 10.9 Å². The molecule has 40 heavy (non-hydrogen) atoms. The molecule has 4 aromatic rings. The quantitative estimate of drug-likeness (QED) is 0.293. The fraction of sp³-hybridized carbons (Fsp3) is 0.312. The topological polar surface area (TPSA) is 115 Å². The summed E-state index contributed by atoms with van der Waals surface area (Å²) < 4.78 is 19.5. The summed E-state index contributed by atoms with van der Waals surface area (Å²) in [6.45, 7) is 3.30. The molecule has 8 heteroatoms. The normalized spacial score (nSPS) is 19.6. The van der Waals surface area contributed by atoms with Crippen molar-refractivity contribution in [2.24, 2.45) is 5.73 Å². The highest BCUT2D eigenvalue weighted by Crippen LogP contribution is 2.46. The number of nitrogens with zero attached hydrogens (tertiary/aromatic N) is 2. The number of halogens is 1. The van der Waals surface area contributed by atoms with Gasteiger partial charge in [-0.15, -0.1) is 0 Å². The van der Waals surface area contributed by atoms with Crippen LogP contribution < -0.4 is 10.5 Å². The summed E-state index contributed by atoms with van der Waals surface area (Å²) in [6, 6.07) is 14.9. The third-order valence-electron chi connectivity index (χ3n) is 8.20. The van der Waals surface area contributed by atoms with E-state index in [1.807, 2.05) is 18.3 Å². The van der Waals surface area contributed by atoms with Crippen LogP contribution >= 0.6 is 0 Å². The van der Waals surface area contributed by atoms with Gasteiger partial charge in [-0.05, 0) is 99.2 Å². The van der Waals surface area contributed by atoms with E-state index in [4.69, 9.17) is 15.5 Å². The zero-order valence-corrected chi connectivity index (χ0v) is 22.4. The first-order chi connectivity index (χ1) is 19.0. The number of hydrogen-bond donors (Lipinski definition) is 2. The number of benzene rings is 2. The van der Waals surface area contributed by atoms with Gasteiger partial charge in [0.05, 0.1) is 11.2 Å². The molecule has 0 unspecified atom stereocenters. The number of hydrogen-bond acceptors (Lipinski definition) is 6. The maximum Gasteiger partial charge on any atom is 0.231 e. The molecule has 1 saturated carbocycles. The lowest BCUT2D eigenvalue weighted by atomic mass is 9.81. The highest BCUT2D eigenvalue weighted by atomic mass is 19.1. The Bertz CT molecular complexity index is 1660. The average Bonchev–Trinajstić information content (AvgIpc) is 3.74. The third-order valence-corrected chi connectivity index (χ3v) is 8.20. The average molecular weight is 540 g/mol. The largest absolute Gasteiger partial charge is 0.489 e. The predicted molar refractivity (Wildman–Crippen MR) is 149 cm³/mol. The van der Waals surface area contributed by atoms with Gasteiger partial charge in [-0.1, -0.05) is 0 Å². The van der Waals surface area contributed by atoms with Gasteiger partial charge in [0.15, 0.2) is 5.78 Å². The molecule has 2 aromatic carbocycles. The molecule has 1 aliphatic heterocycles. The summed E-state index contributed by atoms with van der Waals surface area (Å²) >= 11 is 0. The number of carbonyl (C=O) groups excluding carboxylic acids is 2. The highest BCUT2D eigenvalue weighted by Gasteiger charge is 2.45. The van der Waals surface area contributed by atoms with Crippen molar-refractivity contribution in [3.8, 4) is 17.0 Å². The van der Waals surface area contributed by atoms with Gasteiger partial charge in [-0.3, -0.25) is 14.6 Å². The molecule has 0 radical (unpaired) electrons. The van der Waals surface area contributed by atoms with E-state index in [-0.39, 0.29) is 30.9 Å². The summed E-state index contributed by atoms with van der Waals surface area (Å²) in [5, 5.41) is 12.5. The van der Waals surface area contributed by atoms with Crippen LogP contribution in [0.4, 0.5) is 4.39 Å². The lowest BCUT2D eigenvalue weighted by Gasteiger charge is -2.26. The predicted octanol–water partition coefficient (Wildman–Crippen LogP) is 5.32. The van der Waals surface area contributed by atoms with Crippen molar-refractivity contribution in [1.29, 1.82) is 0 Å². The first kappa shape index (κ1) is 26.1. The number of Topliss-reactive ketones (excluding diaryl/α,β-unsaturated/α-hetero) is 1. The van der Waals surface area contributed by atoms with E-state index < -0.39 is 22.7 Å². The molecule has 1 amide bonds. The maximum absolute atomic E-state index is 13.6. The van der Waals surface area contributed by atoms with Crippen LogP contribution in [0.3, 0.4) is 0 Å². The molecule has 1 aliphatic carbocycles. The molecule has 2 aromatic heterocycles. The van der Waals surface area contributed by atoms with Crippen LogP contribution in [-0.4, -0.2) is 33.4 Å². The van der Waals surface area contributed by atoms with Gasteiger partial charge in [0.1, 0.15) is 34.9 Å². The van der Waals surface area contributed by atoms with E-state index in [1.165, 1.54) is 30.5 Å². The van der Waals surface area contributed by atoms with Gasteiger partial charge in [-0.25, -0.2) is 9.37 Å². The molecule has 2 aliphatic rings. The van der Waals surface area contributed by atoms with Crippen LogP contribution in [0, 0.1) is 5.82 Å². The molecule has 204 valence electrons. The minimum Gasteiger partial charge on any atom is -0.489 e. The minimum atomic E-state index is -1.52. The number of rotatable bonds is 8. The van der Waals surface area contributed by atoms with E-state index in [2.05, 4.69) is 11.1 Å². The van der Waals surface area contributed by atoms with Crippen LogP contribution in [0.15, 0.2) is 60.8 Å². The van der Waals surface area contributed by atoms with Gasteiger partial charge in [0, 0.05) is 34.7 Å². The number of ketones is 1. The molecule has 2 atom stereocenters. The fourth-order valence-corrected chi connectivity index (χ4v) is 5.26. The third kappa shape index (κ3) is 4.62. The fourth-order valence-electron chi connectivity index (χ4n) is 5.26. The summed E-state index contributed by atoms with van der Waals surface area (Å²) in [6.07, 6.45) is 4.42. The summed E-state index contributed by atoms with van der Waals surface area (Å²) in [4.78, 5) is 34.9. The number of carbonyl (C=O) groups is 2. The molecule has 0 bridgehead atoms. The van der Waals surface area contributed by atoms with E-state index >= 15 is 0 Å². The number of nitrogens with two attached hydrogens (primary N) is 1. The SMILES string of the molecule is C[C@](O)(CCC(=O)c1ccc2ncc(C3CC3)cc2c1)c1cc2c(c(-c3ccc(F)cc3)n1)OC[C@]2(C)C(N)=O. The lowest BCUT2D eigenvalue weighted by Crippen LogP contribution is -2.40. The van der Waals surface area contributed by atoms with Crippen molar-refractivity contribution in [3.63, 3.8) is 0 Å².